The number of rotatable bonds is 12. The molecule has 10 heteroatoms. The van der Waals surface area contributed by atoms with Crippen LogP contribution in [0.15, 0.2) is 18.2 Å². The zero-order chi connectivity index (χ0) is 26.2. The molecule has 1 aliphatic heterocycles. The van der Waals surface area contributed by atoms with E-state index < -0.39 is 6.09 Å². The topological polar surface area (TPSA) is 96.3 Å². The van der Waals surface area contributed by atoms with Crippen molar-refractivity contribution in [3.63, 3.8) is 0 Å². The van der Waals surface area contributed by atoms with Gasteiger partial charge in [0.1, 0.15) is 18.1 Å². The fourth-order valence-corrected chi connectivity index (χ4v) is 5.14. The Morgan fingerprint density at radius 3 is 2.69 bits per heavy atom. The van der Waals surface area contributed by atoms with Crippen molar-refractivity contribution < 1.29 is 24.2 Å². The molecule has 1 aromatic heterocycles. The average molecular weight is 523 g/mol. The van der Waals surface area contributed by atoms with Crippen molar-refractivity contribution in [1.82, 2.24) is 19.7 Å². The Labute approximate surface area is 218 Å². The highest BCUT2D eigenvalue weighted by Crippen LogP contribution is 2.38. The van der Waals surface area contributed by atoms with Crippen molar-refractivity contribution in [2.24, 2.45) is 0 Å². The van der Waals surface area contributed by atoms with E-state index in [1.54, 1.807) is 7.11 Å². The van der Waals surface area contributed by atoms with Crippen LogP contribution in [-0.2, 0) is 11.3 Å². The Morgan fingerprint density at radius 1 is 1.28 bits per heavy atom. The fourth-order valence-electron chi connectivity index (χ4n) is 4.80. The number of piperidine rings is 1. The maximum atomic E-state index is 14.1. The lowest BCUT2D eigenvalue weighted by atomic mass is 10.0. The summed E-state index contributed by atoms with van der Waals surface area (Å²) in [6.07, 6.45) is 2.61. The minimum Gasteiger partial charge on any atom is -0.490 e. The third kappa shape index (κ3) is 6.44. The second-order valence-electron chi connectivity index (χ2n) is 9.53. The first-order valence-corrected chi connectivity index (χ1v) is 13.1. The summed E-state index contributed by atoms with van der Waals surface area (Å²) in [5, 5.41) is 13.7. The highest BCUT2D eigenvalue weighted by Gasteiger charge is 2.33. The lowest BCUT2D eigenvalue weighted by molar-refractivity contribution is 0.0562. The summed E-state index contributed by atoms with van der Waals surface area (Å²) in [7, 11) is 3.18. The van der Waals surface area contributed by atoms with Gasteiger partial charge in [0.15, 0.2) is 0 Å². The average Bonchev–Trinajstić information content (AvgIpc) is 3.14. The molecule has 1 aromatic carbocycles. The molecule has 2 amide bonds. The number of methoxy groups -OCH3 is 1. The largest absolute Gasteiger partial charge is 0.490 e. The van der Waals surface area contributed by atoms with Crippen LogP contribution in [0, 0.1) is 0 Å². The number of fused-ring (bicyclic) bond motifs is 1. The van der Waals surface area contributed by atoms with Gasteiger partial charge in [0, 0.05) is 51.3 Å². The van der Waals surface area contributed by atoms with Crippen LogP contribution in [0.25, 0.3) is 10.9 Å². The van der Waals surface area contributed by atoms with Crippen LogP contribution >= 0.6 is 11.6 Å². The van der Waals surface area contributed by atoms with Crippen LogP contribution in [0.2, 0.25) is 5.02 Å². The Bertz CT molecular complexity index is 1040. The molecule has 200 valence electrons. The van der Waals surface area contributed by atoms with E-state index in [0.717, 1.165) is 49.7 Å². The number of unbranched alkanes of at least 4 members (excludes halogenated alkanes) is 1. The van der Waals surface area contributed by atoms with Crippen molar-refractivity contribution in [3.8, 4) is 5.75 Å². The number of nitrogens with one attached hydrogen (secondary N) is 1. The number of benzene rings is 1. The van der Waals surface area contributed by atoms with Crippen LogP contribution in [0.5, 0.6) is 5.75 Å². The molecule has 1 aliphatic rings. The molecule has 3 rings (SSSR count). The van der Waals surface area contributed by atoms with Gasteiger partial charge in [0.05, 0.1) is 17.1 Å². The van der Waals surface area contributed by atoms with Crippen LogP contribution in [0.3, 0.4) is 0 Å². The maximum absolute atomic E-state index is 14.1. The molecule has 1 fully saturated rings. The monoisotopic (exact) mass is 522 g/mol. The van der Waals surface area contributed by atoms with Crippen LogP contribution in [-0.4, -0.2) is 90.6 Å². The smallest absolute Gasteiger partial charge is 0.407 e. The van der Waals surface area contributed by atoms with Gasteiger partial charge in [-0.2, -0.15) is 0 Å². The molecule has 0 saturated carbocycles. The number of carbonyl (C=O) groups is 2. The van der Waals surface area contributed by atoms with Gasteiger partial charge in [-0.1, -0.05) is 23.7 Å². The number of amides is 2. The molecule has 0 radical (unpaired) electrons. The molecule has 0 unspecified atom stereocenters. The number of hydrogen-bond acceptors (Lipinski definition) is 5. The van der Waals surface area contributed by atoms with Gasteiger partial charge in [0.25, 0.3) is 5.91 Å². The minimum atomic E-state index is -1.01. The van der Waals surface area contributed by atoms with Gasteiger partial charge in [-0.25, -0.2) is 4.79 Å². The first-order valence-electron chi connectivity index (χ1n) is 12.7. The summed E-state index contributed by atoms with van der Waals surface area (Å²) < 4.78 is 13.2. The van der Waals surface area contributed by atoms with Crippen LogP contribution in [0.4, 0.5) is 4.79 Å². The third-order valence-electron chi connectivity index (χ3n) is 6.63. The highest BCUT2D eigenvalue weighted by molar-refractivity contribution is 6.39. The van der Waals surface area contributed by atoms with Gasteiger partial charge in [0.2, 0.25) is 0 Å². The fraction of sp³-hybridized carbons (Fsp3) is 0.615. The lowest BCUT2D eigenvalue weighted by Gasteiger charge is -2.38. The SMILES string of the molecule is COCCCCn1c(C(=O)N(C(C)C)[C@@H]2CCCNC2)c(Cl)c2cccc(OCCN(C)C(=O)O)c21. The summed E-state index contributed by atoms with van der Waals surface area (Å²) in [5.41, 5.74) is 1.23. The van der Waals surface area contributed by atoms with E-state index in [-0.39, 0.29) is 31.1 Å². The Balaban J connectivity index is 2.03. The normalized spacial score (nSPS) is 15.9. The van der Waals surface area contributed by atoms with Gasteiger partial charge in [-0.15, -0.1) is 0 Å². The molecule has 0 bridgehead atoms. The van der Waals surface area contributed by atoms with Gasteiger partial charge < -0.3 is 34.3 Å². The number of carboxylic acid groups (broad SMARTS) is 1. The molecule has 36 heavy (non-hydrogen) atoms. The van der Waals surface area contributed by atoms with E-state index in [4.69, 9.17) is 26.2 Å². The first kappa shape index (κ1) is 28.1. The summed E-state index contributed by atoms with van der Waals surface area (Å²) in [6.45, 7) is 7.43. The number of aryl methyl sites for hydroxylation is 1. The number of para-hydroxylation sites is 1. The van der Waals surface area contributed by atoms with Crippen LogP contribution < -0.4 is 10.1 Å². The standard InChI is InChI=1S/C26H39ClN4O5/c1-18(2)31(19-9-8-12-28-17-19)25(32)24-22(27)20-10-7-11-21(36-16-14-29(3)26(33)34)23(20)30(24)13-5-6-15-35-4/h7,10-11,18-19,28H,5-6,8-9,12-17H2,1-4H3,(H,33,34)/t19-/m1/s1. The molecule has 1 atom stereocenters. The molecule has 0 aliphatic carbocycles. The minimum absolute atomic E-state index is 0.0145. The highest BCUT2D eigenvalue weighted by atomic mass is 35.5. The van der Waals surface area contributed by atoms with Crippen LogP contribution in [0.1, 0.15) is 50.0 Å². The molecular weight excluding hydrogens is 484 g/mol. The zero-order valence-corrected chi connectivity index (χ0v) is 22.5. The Kier molecular flexibility index (Phi) is 10.3. The lowest BCUT2D eigenvalue weighted by Crippen LogP contribution is -2.52. The quantitative estimate of drug-likeness (QED) is 0.403. The predicted octanol–water partition coefficient (Wildman–Crippen LogP) is 4.31. The maximum Gasteiger partial charge on any atom is 0.407 e. The van der Waals surface area contributed by atoms with Crippen molar-refractivity contribution in [1.29, 1.82) is 0 Å². The van der Waals surface area contributed by atoms with E-state index in [0.29, 0.717) is 29.6 Å². The number of hydrogen-bond donors (Lipinski definition) is 2. The number of aromatic nitrogens is 1. The number of ether oxygens (including phenoxy) is 2. The number of nitrogens with zero attached hydrogens (tertiary/aromatic N) is 3. The van der Waals surface area contributed by atoms with Crippen molar-refractivity contribution in [2.45, 2.75) is 58.2 Å². The molecule has 2 aromatic rings. The number of halogens is 1. The molecular formula is C26H39ClN4O5. The van der Waals surface area contributed by atoms with E-state index in [2.05, 4.69) is 5.32 Å². The number of likely N-dealkylation sites (N-methyl/N-ethyl adjacent to an activating group) is 1. The van der Waals surface area contributed by atoms with Gasteiger partial charge in [-0.3, -0.25) is 4.79 Å². The van der Waals surface area contributed by atoms with Crippen molar-refractivity contribution >= 4 is 34.5 Å². The second kappa shape index (κ2) is 13.2. The van der Waals surface area contributed by atoms with E-state index in [9.17, 15) is 9.59 Å². The molecule has 1 saturated heterocycles. The molecule has 2 heterocycles. The predicted molar refractivity (Wildman–Crippen MR) is 141 cm³/mol. The zero-order valence-electron chi connectivity index (χ0n) is 21.8. The molecule has 0 spiro atoms. The molecule has 9 nitrogen and oxygen atoms in total. The number of carbonyl (C=O) groups excluding carboxylic acids is 1. The van der Waals surface area contributed by atoms with Crippen molar-refractivity contribution in [2.75, 3.05) is 47.0 Å². The summed E-state index contributed by atoms with van der Waals surface area (Å²) in [6, 6.07) is 5.70. The second-order valence-corrected chi connectivity index (χ2v) is 9.90. The van der Waals surface area contributed by atoms with Crippen molar-refractivity contribution in [3.05, 3.63) is 28.9 Å². The van der Waals surface area contributed by atoms with Gasteiger partial charge >= 0.3 is 6.09 Å². The Hall–Kier alpha value is -2.49. The van der Waals surface area contributed by atoms with E-state index in [1.165, 1.54) is 11.9 Å². The van der Waals surface area contributed by atoms with E-state index >= 15 is 0 Å². The Morgan fingerprint density at radius 2 is 2.06 bits per heavy atom. The molecule has 2 N–H and O–H groups in total. The van der Waals surface area contributed by atoms with Gasteiger partial charge in [-0.05, 0) is 52.1 Å². The first-order chi connectivity index (χ1) is 17.3. The summed E-state index contributed by atoms with van der Waals surface area (Å²) in [5.74, 6) is 0.498. The summed E-state index contributed by atoms with van der Waals surface area (Å²) >= 11 is 6.93. The van der Waals surface area contributed by atoms with E-state index in [1.807, 2.05) is 41.5 Å². The summed E-state index contributed by atoms with van der Waals surface area (Å²) in [4.78, 5) is 28.4. The third-order valence-corrected chi connectivity index (χ3v) is 7.01.